The molecule has 0 bridgehead atoms. The minimum absolute atomic E-state index is 0.0346. The Morgan fingerprint density at radius 2 is 2.09 bits per heavy atom. The van der Waals surface area contributed by atoms with E-state index in [1.54, 1.807) is 18.7 Å². The van der Waals surface area contributed by atoms with Crippen LogP contribution in [0.5, 0.6) is 0 Å². The summed E-state index contributed by atoms with van der Waals surface area (Å²) in [5.74, 6) is 0.604. The largest absolute Gasteiger partial charge is 0.303 e. The van der Waals surface area contributed by atoms with Crippen molar-refractivity contribution in [2.45, 2.75) is 19.8 Å². The van der Waals surface area contributed by atoms with E-state index >= 15 is 0 Å². The van der Waals surface area contributed by atoms with Crippen LogP contribution in [0.4, 0.5) is 11.6 Å². The first-order valence-electron chi connectivity index (χ1n) is 7.10. The third-order valence-corrected chi connectivity index (χ3v) is 3.73. The number of rotatable bonds is 3. The molecule has 0 unspecified atom stereocenters. The molecule has 22 heavy (non-hydrogen) atoms. The van der Waals surface area contributed by atoms with Gasteiger partial charge in [-0.25, -0.2) is 0 Å². The van der Waals surface area contributed by atoms with Crippen LogP contribution in [0.1, 0.15) is 17.8 Å². The van der Waals surface area contributed by atoms with Crippen LogP contribution in [0.25, 0.3) is 0 Å². The van der Waals surface area contributed by atoms with Gasteiger partial charge in [0.15, 0.2) is 0 Å². The second-order valence-electron chi connectivity index (χ2n) is 5.26. The number of hydrogen-bond donors (Lipinski definition) is 1. The van der Waals surface area contributed by atoms with Crippen molar-refractivity contribution in [3.8, 4) is 0 Å². The number of hydrogen-bond acceptors (Lipinski definition) is 4. The van der Waals surface area contributed by atoms with Crippen LogP contribution in [0, 0.1) is 6.92 Å². The molecular formula is C15H17N5O2. The Morgan fingerprint density at radius 3 is 2.82 bits per heavy atom. The molecule has 0 atom stereocenters. The molecule has 1 N–H and O–H groups in total. The van der Waals surface area contributed by atoms with E-state index in [1.807, 2.05) is 24.3 Å². The molecule has 114 valence electrons. The molecular weight excluding hydrogens is 282 g/mol. The lowest BCUT2D eigenvalue weighted by molar-refractivity contribution is -0.121. The zero-order valence-electron chi connectivity index (χ0n) is 12.5. The second-order valence-corrected chi connectivity index (χ2v) is 5.26. The highest BCUT2D eigenvalue weighted by molar-refractivity contribution is 6.03. The van der Waals surface area contributed by atoms with Crippen LogP contribution in [-0.4, -0.2) is 33.1 Å². The summed E-state index contributed by atoms with van der Waals surface area (Å²) in [6.07, 6.45) is 1.14. The highest BCUT2D eigenvalue weighted by Crippen LogP contribution is 2.27. The van der Waals surface area contributed by atoms with Crippen LogP contribution < -0.4 is 10.2 Å². The Kier molecular flexibility index (Phi) is 3.62. The summed E-state index contributed by atoms with van der Waals surface area (Å²) in [6.45, 7) is 1.76. The van der Waals surface area contributed by atoms with E-state index in [4.69, 9.17) is 0 Å². The molecule has 0 fully saturated rings. The SMILES string of the molecule is Cc1nc(NC(=O)CN2C(=O)CCc3ccccc32)nn1C. The van der Waals surface area contributed by atoms with E-state index in [1.165, 1.54) is 4.90 Å². The van der Waals surface area contributed by atoms with Gasteiger partial charge >= 0.3 is 0 Å². The third-order valence-electron chi connectivity index (χ3n) is 3.73. The lowest BCUT2D eigenvalue weighted by Gasteiger charge is -2.28. The number of fused-ring (bicyclic) bond motifs is 1. The van der Waals surface area contributed by atoms with Gasteiger partial charge in [-0.05, 0) is 25.0 Å². The number of amides is 2. The lowest BCUT2D eigenvalue weighted by atomic mass is 10.0. The average molecular weight is 299 g/mol. The Balaban J connectivity index is 1.75. The first kappa shape index (κ1) is 14.2. The van der Waals surface area contributed by atoms with Gasteiger partial charge in [0.1, 0.15) is 12.4 Å². The number of aryl methyl sites for hydroxylation is 3. The van der Waals surface area contributed by atoms with E-state index in [-0.39, 0.29) is 24.3 Å². The Hall–Kier alpha value is -2.70. The molecule has 1 aromatic heterocycles. The summed E-state index contributed by atoms with van der Waals surface area (Å²) in [4.78, 5) is 29.9. The maximum Gasteiger partial charge on any atom is 0.249 e. The van der Waals surface area contributed by atoms with Gasteiger partial charge in [0.2, 0.25) is 17.8 Å². The van der Waals surface area contributed by atoms with Gasteiger partial charge in [0.05, 0.1) is 0 Å². The normalized spacial score (nSPS) is 13.9. The van der Waals surface area contributed by atoms with Gasteiger partial charge in [-0.2, -0.15) is 4.98 Å². The number of benzene rings is 1. The van der Waals surface area contributed by atoms with E-state index in [2.05, 4.69) is 15.4 Å². The van der Waals surface area contributed by atoms with Crippen LogP contribution in [0.15, 0.2) is 24.3 Å². The minimum Gasteiger partial charge on any atom is -0.303 e. The van der Waals surface area contributed by atoms with Crippen molar-refractivity contribution in [2.75, 3.05) is 16.8 Å². The Morgan fingerprint density at radius 1 is 1.32 bits per heavy atom. The first-order chi connectivity index (χ1) is 10.5. The number of aromatic nitrogens is 3. The van der Waals surface area contributed by atoms with Gasteiger partial charge in [-0.3, -0.25) is 19.6 Å². The average Bonchev–Trinajstić information content (AvgIpc) is 2.80. The van der Waals surface area contributed by atoms with Crippen molar-refractivity contribution >= 4 is 23.5 Å². The molecule has 1 aliphatic heterocycles. The fourth-order valence-corrected chi connectivity index (χ4v) is 2.49. The highest BCUT2D eigenvalue weighted by Gasteiger charge is 2.25. The molecule has 1 aliphatic rings. The van der Waals surface area contributed by atoms with Gasteiger partial charge in [0.25, 0.3) is 0 Å². The molecule has 2 heterocycles. The maximum atomic E-state index is 12.2. The summed E-state index contributed by atoms with van der Waals surface area (Å²) >= 11 is 0. The summed E-state index contributed by atoms with van der Waals surface area (Å²) in [5.41, 5.74) is 1.89. The summed E-state index contributed by atoms with van der Waals surface area (Å²) in [7, 11) is 1.75. The molecule has 7 nitrogen and oxygen atoms in total. The van der Waals surface area contributed by atoms with Crippen molar-refractivity contribution in [3.63, 3.8) is 0 Å². The molecule has 0 spiro atoms. The number of carbonyl (C=O) groups is 2. The number of para-hydroxylation sites is 1. The molecule has 0 radical (unpaired) electrons. The number of nitrogens with one attached hydrogen (secondary N) is 1. The molecule has 0 saturated carbocycles. The summed E-state index contributed by atoms with van der Waals surface area (Å²) < 4.78 is 1.58. The Bertz CT molecular complexity index is 718. The quantitative estimate of drug-likeness (QED) is 0.918. The predicted molar refractivity (Wildman–Crippen MR) is 81.5 cm³/mol. The van der Waals surface area contributed by atoms with Crippen LogP contribution in [-0.2, 0) is 23.1 Å². The third kappa shape index (κ3) is 2.69. The number of anilines is 2. The first-order valence-corrected chi connectivity index (χ1v) is 7.10. The van der Waals surface area contributed by atoms with E-state index < -0.39 is 0 Å². The zero-order valence-corrected chi connectivity index (χ0v) is 12.5. The number of carbonyl (C=O) groups excluding carboxylic acids is 2. The van der Waals surface area contributed by atoms with Crippen LogP contribution in [0.3, 0.4) is 0 Å². The Labute approximate surface area is 127 Å². The predicted octanol–water partition coefficient (Wildman–Crippen LogP) is 1.04. The van der Waals surface area contributed by atoms with Gasteiger partial charge < -0.3 is 4.90 Å². The van der Waals surface area contributed by atoms with E-state index in [9.17, 15) is 9.59 Å². The highest BCUT2D eigenvalue weighted by atomic mass is 16.2. The van der Waals surface area contributed by atoms with Crippen molar-refractivity contribution in [2.24, 2.45) is 7.05 Å². The fourth-order valence-electron chi connectivity index (χ4n) is 2.49. The van der Waals surface area contributed by atoms with Crippen molar-refractivity contribution in [1.29, 1.82) is 0 Å². The molecule has 0 saturated heterocycles. The molecule has 2 amide bonds. The van der Waals surface area contributed by atoms with E-state index in [0.717, 1.165) is 11.3 Å². The maximum absolute atomic E-state index is 12.2. The van der Waals surface area contributed by atoms with Crippen LogP contribution >= 0.6 is 0 Å². The van der Waals surface area contributed by atoms with Crippen molar-refractivity contribution in [1.82, 2.24) is 14.8 Å². The molecule has 1 aromatic carbocycles. The topological polar surface area (TPSA) is 80.1 Å². The monoisotopic (exact) mass is 299 g/mol. The zero-order chi connectivity index (χ0) is 15.7. The summed E-state index contributed by atoms with van der Waals surface area (Å²) in [6, 6.07) is 7.65. The van der Waals surface area contributed by atoms with Gasteiger partial charge in [-0.15, -0.1) is 5.10 Å². The lowest BCUT2D eigenvalue weighted by Crippen LogP contribution is -2.41. The standard InChI is InChI=1S/C15H17N5O2/c1-10-16-15(18-19(10)2)17-13(21)9-20-12-6-4-3-5-11(12)7-8-14(20)22/h3-6H,7-9H2,1-2H3,(H,17,18,21). The molecule has 3 rings (SSSR count). The summed E-state index contributed by atoms with van der Waals surface area (Å²) in [5, 5.41) is 6.70. The van der Waals surface area contributed by atoms with Crippen molar-refractivity contribution < 1.29 is 9.59 Å². The van der Waals surface area contributed by atoms with Gasteiger partial charge in [0, 0.05) is 19.2 Å². The molecule has 2 aromatic rings. The second kappa shape index (κ2) is 5.59. The molecule has 0 aliphatic carbocycles. The minimum atomic E-state index is -0.310. The van der Waals surface area contributed by atoms with Crippen molar-refractivity contribution in [3.05, 3.63) is 35.7 Å². The van der Waals surface area contributed by atoms with Crippen LogP contribution in [0.2, 0.25) is 0 Å². The fraction of sp³-hybridized carbons (Fsp3) is 0.333. The van der Waals surface area contributed by atoms with E-state index in [0.29, 0.717) is 18.7 Å². The number of nitrogens with zero attached hydrogens (tertiary/aromatic N) is 4. The van der Waals surface area contributed by atoms with Gasteiger partial charge in [-0.1, -0.05) is 18.2 Å². The smallest absolute Gasteiger partial charge is 0.249 e. The molecule has 7 heteroatoms.